The molecule has 8 aromatic carbocycles. The molecule has 0 fully saturated rings. The third-order valence-corrected chi connectivity index (χ3v) is 11.5. The standard InChI is InChI=1S/C20H15FN2O2.C18H14N2O3.C15H14N2O2.C10H14N2O2/c21-17-9-5-4-8-15(17)20(25)23-18-11-10-14(22)12-16(18)19(24)13-6-2-1-3-7-13;19-13-8-9-15(20-18(22)16-7-4-10-23-16)14(11-13)17(21)12-5-2-1-3-6-12;1-10(18)17-14-8-7-12(16)9-13(14)15(19)11-5-3-2-4-6-11;1-6-4-9(12-7(2)13)10(14-3)5-8(6)11/h1-12H,22H2,(H,23,25);1-11H,19H2,(H,20,22);2-9H,16H2,1H3,(H,17,18);4-5H,11H2,1-3H3,(H,12,13). The summed E-state index contributed by atoms with van der Waals surface area (Å²) in [5, 5.41) is 10.6. The first kappa shape index (κ1) is 59.1. The number of nitrogens with one attached hydrogen (secondary N) is 4. The lowest BCUT2D eigenvalue weighted by molar-refractivity contribution is -0.115. The molecule has 0 aliphatic heterocycles. The molecule has 17 nitrogen and oxygen atoms in total. The van der Waals surface area contributed by atoms with Crippen molar-refractivity contribution in [1.29, 1.82) is 0 Å². The summed E-state index contributed by atoms with van der Waals surface area (Å²) in [7, 11) is 1.54. The summed E-state index contributed by atoms with van der Waals surface area (Å²) in [5.74, 6) is -1.98. The number of aryl methyl sites for hydroxylation is 1. The van der Waals surface area contributed by atoms with Crippen LogP contribution in [0.3, 0.4) is 0 Å². The van der Waals surface area contributed by atoms with E-state index in [9.17, 15) is 38.0 Å². The molecule has 81 heavy (non-hydrogen) atoms. The average Bonchev–Trinajstić information content (AvgIpc) is 4.10. The summed E-state index contributed by atoms with van der Waals surface area (Å²) in [6, 6.07) is 52.8. The number of anilines is 8. The Labute approximate surface area is 466 Å². The van der Waals surface area contributed by atoms with Gasteiger partial charge >= 0.3 is 0 Å². The van der Waals surface area contributed by atoms with E-state index in [1.54, 1.807) is 152 Å². The fourth-order valence-corrected chi connectivity index (χ4v) is 7.59. The molecule has 410 valence electrons. The zero-order valence-electron chi connectivity index (χ0n) is 44.4. The van der Waals surface area contributed by atoms with Gasteiger partial charge in [-0.25, -0.2) is 4.39 Å². The van der Waals surface area contributed by atoms with E-state index in [-0.39, 0.29) is 51.7 Å². The summed E-state index contributed by atoms with van der Waals surface area (Å²) in [6.07, 6.45) is 1.41. The van der Waals surface area contributed by atoms with Crippen LogP contribution in [0.2, 0.25) is 0 Å². The van der Waals surface area contributed by atoms with E-state index >= 15 is 0 Å². The van der Waals surface area contributed by atoms with E-state index in [2.05, 4.69) is 21.3 Å². The molecule has 4 amide bonds. The molecule has 0 aliphatic rings. The number of benzene rings is 8. The van der Waals surface area contributed by atoms with Crippen molar-refractivity contribution < 1.29 is 47.1 Å². The van der Waals surface area contributed by atoms with Crippen LogP contribution in [0.5, 0.6) is 5.75 Å². The van der Waals surface area contributed by atoms with Gasteiger partial charge in [-0.15, -0.1) is 0 Å². The van der Waals surface area contributed by atoms with Crippen molar-refractivity contribution in [1.82, 2.24) is 0 Å². The molecule has 0 unspecified atom stereocenters. The van der Waals surface area contributed by atoms with E-state index in [1.165, 1.54) is 57.6 Å². The van der Waals surface area contributed by atoms with E-state index in [4.69, 9.17) is 32.1 Å². The summed E-state index contributed by atoms with van der Waals surface area (Å²) >= 11 is 0. The Morgan fingerprint density at radius 3 is 1.22 bits per heavy atom. The molecule has 0 aliphatic carbocycles. The van der Waals surface area contributed by atoms with Crippen molar-refractivity contribution in [3.8, 4) is 5.75 Å². The number of ketones is 3. The number of ether oxygens (including phenoxy) is 1. The molecule has 0 bridgehead atoms. The maximum Gasteiger partial charge on any atom is 0.291 e. The van der Waals surface area contributed by atoms with Gasteiger partial charge in [-0.2, -0.15) is 0 Å². The van der Waals surface area contributed by atoms with Crippen LogP contribution in [-0.4, -0.2) is 48.1 Å². The van der Waals surface area contributed by atoms with Crippen molar-refractivity contribution in [2.75, 3.05) is 51.3 Å². The predicted molar refractivity (Wildman–Crippen MR) is 314 cm³/mol. The minimum atomic E-state index is -0.634. The first-order valence-electron chi connectivity index (χ1n) is 24.7. The van der Waals surface area contributed by atoms with Crippen molar-refractivity contribution in [3.63, 3.8) is 0 Å². The largest absolute Gasteiger partial charge is 0.494 e. The van der Waals surface area contributed by atoms with E-state index in [0.29, 0.717) is 73.4 Å². The maximum atomic E-state index is 13.8. The van der Waals surface area contributed by atoms with E-state index in [1.807, 2.05) is 19.1 Å². The van der Waals surface area contributed by atoms with Crippen LogP contribution < -0.4 is 48.9 Å². The monoisotopic (exact) mass is 1090 g/mol. The molecule has 12 N–H and O–H groups in total. The summed E-state index contributed by atoms with van der Waals surface area (Å²) in [5.41, 5.74) is 30.0. The number of amides is 4. The number of halogens is 1. The maximum absolute atomic E-state index is 13.8. The van der Waals surface area contributed by atoms with Crippen LogP contribution in [0.4, 0.5) is 49.9 Å². The van der Waals surface area contributed by atoms with Crippen molar-refractivity contribution in [2.24, 2.45) is 0 Å². The van der Waals surface area contributed by atoms with E-state index < -0.39 is 17.6 Å². The van der Waals surface area contributed by atoms with Gasteiger partial charge in [0.05, 0.1) is 41.7 Å². The van der Waals surface area contributed by atoms with Crippen LogP contribution in [0.15, 0.2) is 205 Å². The molecule has 0 radical (unpaired) electrons. The number of furan rings is 1. The highest BCUT2D eigenvalue weighted by Crippen LogP contribution is 2.30. The Kier molecular flexibility index (Phi) is 20.6. The number of carbonyl (C=O) groups is 7. The topological polar surface area (TPSA) is 294 Å². The molecular formula is C63H57FN8O9. The minimum absolute atomic E-state index is 0.0996. The van der Waals surface area contributed by atoms with Crippen molar-refractivity contribution in [2.45, 2.75) is 20.8 Å². The van der Waals surface area contributed by atoms with Gasteiger partial charge in [-0.3, -0.25) is 33.6 Å². The Balaban J connectivity index is 0.000000177. The second-order valence-electron chi connectivity index (χ2n) is 17.6. The van der Waals surface area contributed by atoms with Crippen LogP contribution in [0, 0.1) is 12.7 Å². The Hall–Kier alpha value is -11.1. The van der Waals surface area contributed by atoms with Gasteiger partial charge in [0.25, 0.3) is 11.8 Å². The van der Waals surface area contributed by atoms with Gasteiger partial charge in [0, 0.05) is 76.0 Å². The fourth-order valence-electron chi connectivity index (χ4n) is 7.59. The van der Waals surface area contributed by atoms with Crippen LogP contribution in [0.25, 0.3) is 0 Å². The van der Waals surface area contributed by atoms with Crippen LogP contribution >= 0.6 is 0 Å². The summed E-state index contributed by atoms with van der Waals surface area (Å²) < 4.78 is 23.9. The van der Waals surface area contributed by atoms with Gasteiger partial charge in [-0.05, 0) is 97.4 Å². The zero-order valence-corrected chi connectivity index (χ0v) is 44.4. The summed E-state index contributed by atoms with van der Waals surface area (Å²) in [6.45, 7) is 4.72. The van der Waals surface area contributed by atoms with Gasteiger partial charge in [-0.1, -0.05) is 103 Å². The first-order valence-corrected chi connectivity index (χ1v) is 24.7. The number of nitrogens with two attached hydrogens (primary N) is 4. The Bertz CT molecular complexity index is 3710. The second kappa shape index (κ2) is 28.3. The lowest BCUT2D eigenvalue weighted by Crippen LogP contribution is -2.16. The number of hydrogen-bond acceptors (Lipinski definition) is 13. The molecule has 1 aromatic heterocycles. The highest BCUT2D eigenvalue weighted by Gasteiger charge is 2.20. The molecule has 0 saturated carbocycles. The van der Waals surface area contributed by atoms with Crippen molar-refractivity contribution in [3.05, 3.63) is 256 Å². The lowest BCUT2D eigenvalue weighted by atomic mass is 10.0. The zero-order chi connectivity index (χ0) is 58.6. The number of rotatable bonds is 13. The lowest BCUT2D eigenvalue weighted by Gasteiger charge is -2.12. The Morgan fingerprint density at radius 2 is 0.827 bits per heavy atom. The molecular weight excluding hydrogens is 1030 g/mol. The van der Waals surface area contributed by atoms with Crippen molar-refractivity contribution >= 4 is 86.5 Å². The van der Waals surface area contributed by atoms with Gasteiger partial charge in [0.2, 0.25) is 11.8 Å². The normalized spacial score (nSPS) is 10.1. The Morgan fingerprint density at radius 1 is 0.432 bits per heavy atom. The van der Waals surface area contributed by atoms with Crippen LogP contribution in [-0.2, 0) is 9.59 Å². The molecule has 0 saturated heterocycles. The number of carbonyl (C=O) groups excluding carboxylic acids is 7. The second-order valence-corrected chi connectivity index (χ2v) is 17.6. The van der Waals surface area contributed by atoms with E-state index in [0.717, 1.165) is 5.56 Å². The smallest absolute Gasteiger partial charge is 0.291 e. The van der Waals surface area contributed by atoms with Gasteiger partial charge in [0.15, 0.2) is 23.1 Å². The average molecular weight is 1090 g/mol. The molecule has 18 heteroatoms. The third-order valence-electron chi connectivity index (χ3n) is 11.5. The number of hydrogen-bond donors (Lipinski definition) is 8. The summed E-state index contributed by atoms with van der Waals surface area (Å²) in [4.78, 5) is 84.3. The minimum Gasteiger partial charge on any atom is -0.494 e. The van der Waals surface area contributed by atoms with Gasteiger partial charge in [0.1, 0.15) is 11.6 Å². The molecule has 1 heterocycles. The van der Waals surface area contributed by atoms with Crippen LogP contribution in [0.1, 0.15) is 88.1 Å². The third kappa shape index (κ3) is 16.7. The number of nitrogen functional groups attached to an aromatic ring is 4. The molecule has 0 atom stereocenters. The predicted octanol–water partition coefficient (Wildman–Crippen LogP) is 11.2. The highest BCUT2D eigenvalue weighted by molar-refractivity contribution is 6.17. The molecule has 9 aromatic rings. The SMILES string of the molecule is CC(=O)Nc1ccc(N)cc1C(=O)c1ccccc1.COc1cc(N)c(C)cc1NC(C)=O.Nc1ccc(NC(=O)c2ccccc2F)c(C(=O)c2ccccc2)c1.Nc1ccc(NC(=O)c2ccco2)c(C(=O)c2ccccc2)c1. The molecule has 0 spiro atoms. The first-order chi connectivity index (χ1) is 38.8. The molecule has 9 rings (SSSR count). The quantitative estimate of drug-likeness (QED) is 0.0394. The highest BCUT2D eigenvalue weighted by atomic mass is 19.1. The van der Waals surface area contributed by atoms with Gasteiger partial charge < -0.3 is 53.4 Å². The number of methoxy groups -OCH3 is 1. The fraction of sp³-hybridized carbons (Fsp3) is 0.0635.